The molecular formula is C13H10F3N. The van der Waals surface area contributed by atoms with Crippen LogP contribution in [-0.2, 0) is 0 Å². The van der Waals surface area contributed by atoms with Gasteiger partial charge in [0.15, 0.2) is 0 Å². The number of nitrogens with two attached hydrogens (primary N) is 1. The molecular weight excluding hydrogens is 227 g/mol. The average Bonchev–Trinajstić information content (AvgIpc) is 2.19. The van der Waals surface area contributed by atoms with Crippen molar-refractivity contribution in [3.63, 3.8) is 0 Å². The van der Waals surface area contributed by atoms with E-state index in [1.807, 2.05) is 0 Å². The van der Waals surface area contributed by atoms with Crippen LogP contribution in [0.25, 0.3) is 11.1 Å². The highest BCUT2D eigenvalue weighted by Gasteiger charge is 2.15. The maximum absolute atomic E-state index is 13.6. The fraction of sp³-hybridized carbons (Fsp3) is 0.0769. The zero-order chi connectivity index (χ0) is 12.6. The molecule has 0 atom stereocenters. The first kappa shape index (κ1) is 11.5. The van der Waals surface area contributed by atoms with Crippen LogP contribution >= 0.6 is 0 Å². The van der Waals surface area contributed by atoms with Crippen molar-refractivity contribution in [1.29, 1.82) is 0 Å². The Bertz CT molecular complexity index is 556. The van der Waals surface area contributed by atoms with Crippen molar-refractivity contribution in [2.75, 3.05) is 5.73 Å². The molecule has 0 spiro atoms. The number of anilines is 1. The van der Waals surface area contributed by atoms with Gasteiger partial charge in [-0.1, -0.05) is 6.07 Å². The fourth-order valence-corrected chi connectivity index (χ4v) is 1.77. The molecule has 0 fully saturated rings. The standard InChI is InChI=1S/C13H10F3N/c1-7-4-9(17)2-3-10(7)13-11(15)5-8(14)6-12(13)16/h2-6H,17H2,1H3. The molecule has 0 aliphatic carbocycles. The second kappa shape index (κ2) is 4.13. The van der Waals surface area contributed by atoms with Crippen LogP contribution in [-0.4, -0.2) is 0 Å². The normalized spacial score (nSPS) is 10.6. The Morgan fingerprint density at radius 1 is 0.941 bits per heavy atom. The number of aryl methyl sites for hydroxylation is 1. The van der Waals surface area contributed by atoms with Gasteiger partial charge in [0.2, 0.25) is 0 Å². The van der Waals surface area contributed by atoms with Crippen molar-refractivity contribution in [2.24, 2.45) is 0 Å². The van der Waals surface area contributed by atoms with Crippen molar-refractivity contribution in [2.45, 2.75) is 6.92 Å². The molecule has 2 aromatic rings. The average molecular weight is 237 g/mol. The van der Waals surface area contributed by atoms with E-state index in [1.165, 1.54) is 6.07 Å². The summed E-state index contributed by atoms with van der Waals surface area (Å²) in [5, 5.41) is 0. The quantitative estimate of drug-likeness (QED) is 0.752. The summed E-state index contributed by atoms with van der Waals surface area (Å²) >= 11 is 0. The van der Waals surface area contributed by atoms with Crippen LogP contribution < -0.4 is 5.73 Å². The van der Waals surface area contributed by atoms with E-state index in [-0.39, 0.29) is 5.56 Å². The van der Waals surface area contributed by atoms with Gasteiger partial charge in [-0.2, -0.15) is 0 Å². The maximum atomic E-state index is 13.6. The molecule has 0 aromatic heterocycles. The van der Waals surface area contributed by atoms with E-state index < -0.39 is 17.5 Å². The molecule has 4 heteroatoms. The summed E-state index contributed by atoms with van der Waals surface area (Å²) in [6, 6.07) is 5.99. The lowest BCUT2D eigenvalue weighted by molar-refractivity contribution is 0.548. The van der Waals surface area contributed by atoms with Crippen LogP contribution in [0.5, 0.6) is 0 Å². The Hall–Kier alpha value is -1.97. The van der Waals surface area contributed by atoms with Crippen LogP contribution in [0.2, 0.25) is 0 Å². The molecule has 17 heavy (non-hydrogen) atoms. The van der Waals surface area contributed by atoms with Gasteiger partial charge in [-0.25, -0.2) is 13.2 Å². The summed E-state index contributed by atoms with van der Waals surface area (Å²) in [5.41, 5.74) is 6.84. The lowest BCUT2D eigenvalue weighted by atomic mass is 9.99. The molecule has 0 bridgehead atoms. The van der Waals surface area contributed by atoms with Gasteiger partial charge >= 0.3 is 0 Å². The smallest absolute Gasteiger partial charge is 0.136 e. The molecule has 2 aromatic carbocycles. The highest BCUT2D eigenvalue weighted by molar-refractivity contribution is 5.70. The number of benzene rings is 2. The first-order valence-corrected chi connectivity index (χ1v) is 5.00. The first-order valence-electron chi connectivity index (χ1n) is 5.00. The second-order valence-corrected chi connectivity index (χ2v) is 3.82. The number of hydrogen-bond acceptors (Lipinski definition) is 1. The van der Waals surface area contributed by atoms with E-state index in [1.54, 1.807) is 19.1 Å². The Balaban J connectivity index is 2.68. The molecule has 2 rings (SSSR count). The van der Waals surface area contributed by atoms with Crippen molar-refractivity contribution in [3.05, 3.63) is 53.3 Å². The SMILES string of the molecule is Cc1cc(N)ccc1-c1c(F)cc(F)cc1F. The number of rotatable bonds is 1. The topological polar surface area (TPSA) is 26.0 Å². The van der Waals surface area contributed by atoms with Gasteiger partial charge in [0, 0.05) is 17.8 Å². The van der Waals surface area contributed by atoms with Gasteiger partial charge in [-0.3, -0.25) is 0 Å². The third kappa shape index (κ3) is 2.11. The first-order chi connectivity index (χ1) is 7.99. The predicted octanol–water partition coefficient (Wildman–Crippen LogP) is 3.66. The fourth-order valence-electron chi connectivity index (χ4n) is 1.77. The molecule has 0 unspecified atom stereocenters. The Morgan fingerprint density at radius 3 is 2.06 bits per heavy atom. The van der Waals surface area contributed by atoms with Gasteiger partial charge in [0.25, 0.3) is 0 Å². The van der Waals surface area contributed by atoms with Crippen LogP contribution in [0.3, 0.4) is 0 Å². The minimum absolute atomic E-state index is 0.232. The summed E-state index contributed by atoms with van der Waals surface area (Å²) in [7, 11) is 0. The summed E-state index contributed by atoms with van der Waals surface area (Å²) < 4.78 is 39.9. The van der Waals surface area contributed by atoms with Gasteiger partial charge in [0.05, 0.1) is 5.56 Å². The van der Waals surface area contributed by atoms with Crippen molar-refractivity contribution < 1.29 is 13.2 Å². The molecule has 2 N–H and O–H groups in total. The van der Waals surface area contributed by atoms with Crippen molar-refractivity contribution in [1.82, 2.24) is 0 Å². The summed E-state index contributed by atoms with van der Waals surface area (Å²) in [5.74, 6) is -2.78. The molecule has 0 saturated carbocycles. The molecule has 0 heterocycles. The molecule has 0 aliphatic heterocycles. The van der Waals surface area contributed by atoms with E-state index in [0.717, 1.165) is 0 Å². The van der Waals surface area contributed by atoms with Crippen LogP contribution in [0.4, 0.5) is 18.9 Å². The Morgan fingerprint density at radius 2 is 1.53 bits per heavy atom. The van der Waals surface area contributed by atoms with Crippen molar-refractivity contribution in [3.8, 4) is 11.1 Å². The third-order valence-electron chi connectivity index (χ3n) is 2.53. The zero-order valence-corrected chi connectivity index (χ0v) is 9.10. The molecule has 0 amide bonds. The van der Waals surface area contributed by atoms with Gasteiger partial charge in [0.1, 0.15) is 17.5 Å². The monoisotopic (exact) mass is 237 g/mol. The lowest BCUT2D eigenvalue weighted by Gasteiger charge is -2.09. The van der Waals surface area contributed by atoms with Crippen molar-refractivity contribution >= 4 is 5.69 Å². The molecule has 0 aliphatic rings. The molecule has 88 valence electrons. The zero-order valence-electron chi connectivity index (χ0n) is 9.10. The summed E-state index contributed by atoms with van der Waals surface area (Å²) in [4.78, 5) is 0. The van der Waals surface area contributed by atoms with Crippen LogP contribution in [0, 0.1) is 24.4 Å². The van der Waals surface area contributed by atoms with Gasteiger partial charge in [-0.05, 0) is 30.2 Å². The summed E-state index contributed by atoms with van der Waals surface area (Å²) in [6.45, 7) is 1.69. The third-order valence-corrected chi connectivity index (χ3v) is 2.53. The van der Waals surface area contributed by atoms with E-state index in [4.69, 9.17) is 5.73 Å². The second-order valence-electron chi connectivity index (χ2n) is 3.82. The minimum atomic E-state index is -0.933. The maximum Gasteiger partial charge on any atom is 0.136 e. The van der Waals surface area contributed by atoms with E-state index in [0.29, 0.717) is 28.9 Å². The van der Waals surface area contributed by atoms with E-state index in [9.17, 15) is 13.2 Å². The van der Waals surface area contributed by atoms with Gasteiger partial charge < -0.3 is 5.73 Å². The Kier molecular flexibility index (Phi) is 2.79. The highest BCUT2D eigenvalue weighted by Crippen LogP contribution is 2.30. The summed E-state index contributed by atoms with van der Waals surface area (Å²) in [6.07, 6.45) is 0. The number of nitrogen functional groups attached to an aromatic ring is 1. The molecule has 1 nitrogen and oxygen atoms in total. The minimum Gasteiger partial charge on any atom is -0.399 e. The molecule has 0 radical (unpaired) electrons. The lowest BCUT2D eigenvalue weighted by Crippen LogP contribution is -1.95. The molecule has 0 saturated heterocycles. The van der Waals surface area contributed by atoms with Crippen LogP contribution in [0.1, 0.15) is 5.56 Å². The number of halogens is 3. The van der Waals surface area contributed by atoms with Gasteiger partial charge in [-0.15, -0.1) is 0 Å². The number of hydrogen-bond donors (Lipinski definition) is 1. The Labute approximate surface area is 96.7 Å². The highest BCUT2D eigenvalue weighted by atomic mass is 19.1. The predicted molar refractivity (Wildman–Crippen MR) is 60.9 cm³/mol. The van der Waals surface area contributed by atoms with E-state index >= 15 is 0 Å². The largest absolute Gasteiger partial charge is 0.399 e. The van der Waals surface area contributed by atoms with E-state index in [2.05, 4.69) is 0 Å². The van der Waals surface area contributed by atoms with Crippen LogP contribution in [0.15, 0.2) is 30.3 Å².